The van der Waals surface area contributed by atoms with Gasteiger partial charge in [-0.25, -0.2) is 0 Å². The molecule has 0 aromatic heterocycles. The van der Waals surface area contributed by atoms with Crippen molar-refractivity contribution in [3.8, 4) is 5.75 Å². The summed E-state index contributed by atoms with van der Waals surface area (Å²) in [6.07, 6.45) is 3.47. The fourth-order valence-corrected chi connectivity index (χ4v) is 2.52. The molecule has 0 spiro atoms. The lowest BCUT2D eigenvalue weighted by Gasteiger charge is -2.37. The second kappa shape index (κ2) is 6.27. The predicted octanol–water partition coefficient (Wildman–Crippen LogP) is 2.53. The monoisotopic (exact) mass is 276 g/mol. The SMILES string of the molecule is CCOc1ccc(C(C)NC(=O)CC2(N)CCC2)cc1. The van der Waals surface area contributed by atoms with Gasteiger partial charge in [0.25, 0.3) is 0 Å². The minimum Gasteiger partial charge on any atom is -0.494 e. The molecule has 1 saturated carbocycles. The molecule has 1 atom stereocenters. The summed E-state index contributed by atoms with van der Waals surface area (Å²) in [6.45, 7) is 4.60. The Balaban J connectivity index is 1.87. The molecule has 1 amide bonds. The highest BCUT2D eigenvalue weighted by Gasteiger charge is 2.34. The van der Waals surface area contributed by atoms with Crippen LogP contribution in [-0.4, -0.2) is 18.1 Å². The molecule has 3 N–H and O–H groups in total. The van der Waals surface area contributed by atoms with Crippen LogP contribution < -0.4 is 15.8 Å². The maximum atomic E-state index is 12.0. The zero-order chi connectivity index (χ0) is 14.6. The first-order valence-corrected chi connectivity index (χ1v) is 7.33. The number of carbonyl (C=O) groups excluding carboxylic acids is 1. The van der Waals surface area contributed by atoms with E-state index in [-0.39, 0.29) is 17.5 Å². The average molecular weight is 276 g/mol. The highest BCUT2D eigenvalue weighted by Crippen LogP contribution is 2.32. The molecule has 20 heavy (non-hydrogen) atoms. The van der Waals surface area contributed by atoms with Gasteiger partial charge < -0.3 is 15.8 Å². The highest BCUT2D eigenvalue weighted by atomic mass is 16.5. The molecule has 0 bridgehead atoms. The molecule has 2 rings (SSSR count). The van der Waals surface area contributed by atoms with Gasteiger partial charge in [0.15, 0.2) is 0 Å². The number of rotatable bonds is 6. The summed E-state index contributed by atoms with van der Waals surface area (Å²) in [7, 11) is 0. The van der Waals surface area contributed by atoms with Crippen LogP contribution in [0, 0.1) is 0 Å². The van der Waals surface area contributed by atoms with Crippen molar-refractivity contribution in [1.82, 2.24) is 5.32 Å². The first-order chi connectivity index (χ1) is 9.52. The quantitative estimate of drug-likeness (QED) is 0.839. The molecule has 1 aliphatic rings. The zero-order valence-electron chi connectivity index (χ0n) is 12.3. The number of hydrogen-bond donors (Lipinski definition) is 2. The number of benzene rings is 1. The fourth-order valence-electron chi connectivity index (χ4n) is 2.52. The first kappa shape index (κ1) is 14.9. The Kier molecular flexibility index (Phi) is 4.65. The Labute approximate surface area is 120 Å². The Morgan fingerprint density at radius 3 is 2.55 bits per heavy atom. The molecule has 0 aliphatic heterocycles. The van der Waals surface area contributed by atoms with E-state index in [1.165, 1.54) is 0 Å². The van der Waals surface area contributed by atoms with E-state index in [1.807, 2.05) is 38.1 Å². The molecule has 1 aromatic rings. The molecule has 1 aliphatic carbocycles. The van der Waals surface area contributed by atoms with E-state index < -0.39 is 0 Å². The summed E-state index contributed by atoms with van der Waals surface area (Å²) in [5, 5.41) is 3.01. The van der Waals surface area contributed by atoms with Crippen LogP contribution in [0.5, 0.6) is 5.75 Å². The van der Waals surface area contributed by atoms with Crippen LogP contribution in [0.2, 0.25) is 0 Å². The van der Waals surface area contributed by atoms with Crippen molar-refractivity contribution < 1.29 is 9.53 Å². The third-order valence-corrected chi connectivity index (χ3v) is 3.93. The van der Waals surface area contributed by atoms with Crippen LogP contribution >= 0.6 is 0 Å². The maximum absolute atomic E-state index is 12.0. The molecule has 0 radical (unpaired) electrons. The van der Waals surface area contributed by atoms with Gasteiger partial charge in [-0.3, -0.25) is 4.79 Å². The summed E-state index contributed by atoms with van der Waals surface area (Å²) in [5.74, 6) is 0.888. The van der Waals surface area contributed by atoms with Gasteiger partial charge >= 0.3 is 0 Å². The molecule has 0 saturated heterocycles. The van der Waals surface area contributed by atoms with Crippen LogP contribution in [0.15, 0.2) is 24.3 Å². The number of ether oxygens (including phenoxy) is 1. The minimum absolute atomic E-state index is 0.0122. The molecule has 1 unspecified atom stereocenters. The topological polar surface area (TPSA) is 64.3 Å². The zero-order valence-corrected chi connectivity index (χ0v) is 12.3. The normalized spacial score (nSPS) is 17.9. The lowest BCUT2D eigenvalue weighted by atomic mass is 9.75. The Bertz CT molecular complexity index is 452. The van der Waals surface area contributed by atoms with Gasteiger partial charge in [0.1, 0.15) is 5.75 Å². The van der Waals surface area contributed by atoms with Crippen LogP contribution in [0.3, 0.4) is 0 Å². The summed E-state index contributed by atoms with van der Waals surface area (Å²) in [5.41, 5.74) is 6.90. The van der Waals surface area contributed by atoms with Crippen molar-refractivity contribution in [2.45, 2.75) is 51.1 Å². The second-order valence-corrected chi connectivity index (χ2v) is 5.68. The summed E-state index contributed by atoms with van der Waals surface area (Å²) in [4.78, 5) is 12.0. The lowest BCUT2D eigenvalue weighted by Crippen LogP contribution is -2.50. The van der Waals surface area contributed by atoms with Crippen LogP contribution in [0.4, 0.5) is 0 Å². The second-order valence-electron chi connectivity index (χ2n) is 5.68. The predicted molar refractivity (Wildman–Crippen MR) is 79.6 cm³/mol. The van der Waals surface area contributed by atoms with Gasteiger partial charge in [-0.2, -0.15) is 0 Å². The van der Waals surface area contributed by atoms with Crippen LogP contribution in [0.1, 0.15) is 51.1 Å². The average Bonchev–Trinajstić information content (AvgIpc) is 2.38. The number of nitrogens with one attached hydrogen (secondary N) is 1. The summed E-state index contributed by atoms with van der Waals surface area (Å²) < 4.78 is 5.41. The van der Waals surface area contributed by atoms with E-state index in [9.17, 15) is 4.79 Å². The fraction of sp³-hybridized carbons (Fsp3) is 0.562. The van der Waals surface area contributed by atoms with Crippen molar-refractivity contribution in [2.24, 2.45) is 5.73 Å². The van der Waals surface area contributed by atoms with E-state index in [1.54, 1.807) is 0 Å². The number of amides is 1. The third kappa shape index (κ3) is 3.73. The Morgan fingerprint density at radius 2 is 2.05 bits per heavy atom. The molecule has 0 heterocycles. The van der Waals surface area contributed by atoms with Gasteiger partial charge in [0.2, 0.25) is 5.91 Å². The van der Waals surface area contributed by atoms with Gasteiger partial charge in [-0.15, -0.1) is 0 Å². The van der Waals surface area contributed by atoms with Crippen molar-refractivity contribution >= 4 is 5.91 Å². The van der Waals surface area contributed by atoms with E-state index in [4.69, 9.17) is 10.5 Å². The smallest absolute Gasteiger partial charge is 0.222 e. The standard InChI is InChI=1S/C16H24N2O2/c1-3-20-14-7-5-13(6-8-14)12(2)18-15(19)11-16(17)9-4-10-16/h5-8,12H,3-4,9-11,17H2,1-2H3,(H,18,19). The van der Waals surface area contributed by atoms with Crippen molar-refractivity contribution in [1.29, 1.82) is 0 Å². The van der Waals surface area contributed by atoms with Crippen molar-refractivity contribution in [3.05, 3.63) is 29.8 Å². The lowest BCUT2D eigenvalue weighted by molar-refractivity contribution is -0.123. The maximum Gasteiger partial charge on any atom is 0.222 e. The van der Waals surface area contributed by atoms with Crippen molar-refractivity contribution in [3.63, 3.8) is 0 Å². The Hall–Kier alpha value is -1.55. The molecule has 1 aromatic carbocycles. The molecular formula is C16H24N2O2. The number of carbonyl (C=O) groups is 1. The summed E-state index contributed by atoms with van der Waals surface area (Å²) in [6, 6.07) is 7.81. The highest BCUT2D eigenvalue weighted by molar-refractivity contribution is 5.77. The van der Waals surface area contributed by atoms with E-state index in [0.29, 0.717) is 13.0 Å². The molecule has 4 heteroatoms. The van der Waals surface area contributed by atoms with E-state index in [2.05, 4.69) is 5.32 Å². The first-order valence-electron chi connectivity index (χ1n) is 7.33. The van der Waals surface area contributed by atoms with Crippen LogP contribution in [-0.2, 0) is 4.79 Å². The third-order valence-electron chi connectivity index (χ3n) is 3.93. The molecular weight excluding hydrogens is 252 g/mol. The largest absolute Gasteiger partial charge is 0.494 e. The van der Waals surface area contributed by atoms with E-state index >= 15 is 0 Å². The van der Waals surface area contributed by atoms with Crippen LogP contribution in [0.25, 0.3) is 0 Å². The molecule has 1 fully saturated rings. The van der Waals surface area contributed by atoms with Gasteiger partial charge in [0, 0.05) is 12.0 Å². The molecule has 110 valence electrons. The van der Waals surface area contributed by atoms with Crippen molar-refractivity contribution in [2.75, 3.05) is 6.61 Å². The molecule has 4 nitrogen and oxygen atoms in total. The summed E-state index contributed by atoms with van der Waals surface area (Å²) >= 11 is 0. The van der Waals surface area contributed by atoms with Gasteiger partial charge in [-0.05, 0) is 50.8 Å². The van der Waals surface area contributed by atoms with E-state index in [0.717, 1.165) is 30.6 Å². The number of hydrogen-bond acceptors (Lipinski definition) is 3. The van der Waals surface area contributed by atoms with Gasteiger partial charge in [-0.1, -0.05) is 12.1 Å². The van der Waals surface area contributed by atoms with Gasteiger partial charge in [0.05, 0.1) is 12.6 Å². The minimum atomic E-state index is -0.261. The number of nitrogens with two attached hydrogens (primary N) is 1. The Morgan fingerprint density at radius 1 is 1.40 bits per heavy atom.